The Balaban J connectivity index is 2.27. The van der Waals surface area contributed by atoms with Gasteiger partial charge in [0.25, 0.3) is 0 Å². The summed E-state index contributed by atoms with van der Waals surface area (Å²) >= 11 is 0. The van der Waals surface area contributed by atoms with Gasteiger partial charge in [-0.3, -0.25) is 0 Å². The van der Waals surface area contributed by atoms with E-state index >= 15 is 0 Å². The number of allylic oxidation sites excluding steroid dienone is 4. The lowest BCUT2D eigenvalue weighted by atomic mass is 9.89. The third-order valence-electron chi connectivity index (χ3n) is 2.31. The highest BCUT2D eigenvalue weighted by molar-refractivity contribution is 5.40. The summed E-state index contributed by atoms with van der Waals surface area (Å²) in [7, 11) is 0. The van der Waals surface area contributed by atoms with E-state index in [-0.39, 0.29) is 6.04 Å². The van der Waals surface area contributed by atoms with Crippen LogP contribution < -0.4 is 5.73 Å². The summed E-state index contributed by atoms with van der Waals surface area (Å²) in [6.07, 6.45) is 12.2. The van der Waals surface area contributed by atoms with Gasteiger partial charge in [0.1, 0.15) is 0 Å². The van der Waals surface area contributed by atoms with Gasteiger partial charge in [-0.15, -0.1) is 0 Å². The molecule has 2 N–H and O–H groups in total. The number of hydrogen-bond acceptors (Lipinski definition) is 1. The molecular weight excluding hydrogens is 134 g/mol. The SMILES string of the molecule is NC1C=CC2=C(C=CCC2)C1. The fourth-order valence-corrected chi connectivity index (χ4v) is 1.68. The van der Waals surface area contributed by atoms with Crippen molar-refractivity contribution >= 4 is 0 Å². The van der Waals surface area contributed by atoms with Gasteiger partial charge in [0.05, 0.1) is 0 Å². The van der Waals surface area contributed by atoms with Crippen molar-refractivity contribution in [3.63, 3.8) is 0 Å². The molecule has 0 radical (unpaired) electrons. The lowest BCUT2D eigenvalue weighted by molar-refractivity contribution is 0.773. The van der Waals surface area contributed by atoms with Crippen molar-refractivity contribution in [1.82, 2.24) is 0 Å². The molecule has 11 heavy (non-hydrogen) atoms. The fourth-order valence-electron chi connectivity index (χ4n) is 1.68. The zero-order valence-corrected chi connectivity index (χ0v) is 6.59. The molecule has 1 atom stereocenters. The molecule has 0 amide bonds. The quantitative estimate of drug-likeness (QED) is 0.556. The molecule has 0 bridgehead atoms. The summed E-state index contributed by atoms with van der Waals surface area (Å²) < 4.78 is 0. The molecule has 0 saturated carbocycles. The Morgan fingerprint density at radius 1 is 1.27 bits per heavy atom. The van der Waals surface area contributed by atoms with E-state index in [4.69, 9.17) is 5.73 Å². The third kappa shape index (κ3) is 1.29. The first-order chi connectivity index (χ1) is 5.36. The van der Waals surface area contributed by atoms with Gasteiger partial charge in [-0.1, -0.05) is 24.3 Å². The monoisotopic (exact) mass is 147 g/mol. The van der Waals surface area contributed by atoms with Crippen LogP contribution in [-0.2, 0) is 0 Å². The van der Waals surface area contributed by atoms with Crippen LogP contribution in [0.1, 0.15) is 19.3 Å². The van der Waals surface area contributed by atoms with Crippen molar-refractivity contribution in [3.8, 4) is 0 Å². The predicted molar refractivity (Wildman–Crippen MR) is 47.1 cm³/mol. The Morgan fingerprint density at radius 3 is 3.09 bits per heavy atom. The van der Waals surface area contributed by atoms with Gasteiger partial charge in [-0.25, -0.2) is 0 Å². The average molecular weight is 147 g/mol. The molecule has 0 fully saturated rings. The van der Waals surface area contributed by atoms with Crippen molar-refractivity contribution in [2.24, 2.45) is 5.73 Å². The predicted octanol–water partition coefficient (Wildman–Crippen LogP) is 1.92. The maximum Gasteiger partial charge on any atom is 0.0267 e. The minimum atomic E-state index is 0.247. The van der Waals surface area contributed by atoms with E-state index in [0.29, 0.717) is 0 Å². The molecule has 0 aromatic carbocycles. The molecule has 0 spiro atoms. The molecular formula is C10H13N. The van der Waals surface area contributed by atoms with Gasteiger partial charge >= 0.3 is 0 Å². The van der Waals surface area contributed by atoms with Gasteiger partial charge in [0, 0.05) is 6.04 Å². The van der Waals surface area contributed by atoms with E-state index in [9.17, 15) is 0 Å². The molecule has 0 aromatic heterocycles. The molecule has 1 nitrogen and oxygen atoms in total. The Hall–Kier alpha value is -0.820. The standard InChI is InChI=1S/C10H13N/c11-10-6-5-8-3-1-2-4-9(8)7-10/h2,4-6,10H,1,3,7,11H2. The molecule has 58 valence electrons. The van der Waals surface area contributed by atoms with Gasteiger partial charge in [0.15, 0.2) is 0 Å². The van der Waals surface area contributed by atoms with Crippen molar-refractivity contribution in [1.29, 1.82) is 0 Å². The van der Waals surface area contributed by atoms with Crippen LogP contribution >= 0.6 is 0 Å². The summed E-state index contributed by atoms with van der Waals surface area (Å²) in [5, 5.41) is 0. The molecule has 0 heterocycles. The third-order valence-corrected chi connectivity index (χ3v) is 2.31. The Morgan fingerprint density at radius 2 is 2.18 bits per heavy atom. The summed E-state index contributed by atoms with van der Waals surface area (Å²) in [5.74, 6) is 0. The van der Waals surface area contributed by atoms with E-state index in [1.165, 1.54) is 24.0 Å². The topological polar surface area (TPSA) is 26.0 Å². The largest absolute Gasteiger partial charge is 0.324 e. The van der Waals surface area contributed by atoms with E-state index in [2.05, 4.69) is 24.3 Å². The first kappa shape index (κ1) is 6.86. The molecule has 1 unspecified atom stereocenters. The van der Waals surface area contributed by atoms with Gasteiger partial charge in [0.2, 0.25) is 0 Å². The molecule has 0 aromatic rings. The van der Waals surface area contributed by atoms with Crippen molar-refractivity contribution < 1.29 is 0 Å². The number of rotatable bonds is 0. The van der Waals surface area contributed by atoms with E-state index in [1.54, 1.807) is 0 Å². The van der Waals surface area contributed by atoms with Gasteiger partial charge in [-0.2, -0.15) is 0 Å². The Kier molecular flexibility index (Phi) is 1.66. The van der Waals surface area contributed by atoms with E-state index in [0.717, 1.165) is 6.42 Å². The number of nitrogens with two attached hydrogens (primary N) is 1. The van der Waals surface area contributed by atoms with Gasteiger partial charge < -0.3 is 5.73 Å². The zero-order valence-electron chi connectivity index (χ0n) is 6.59. The maximum absolute atomic E-state index is 5.79. The second-order valence-corrected chi connectivity index (χ2v) is 3.22. The summed E-state index contributed by atoms with van der Waals surface area (Å²) in [5.41, 5.74) is 8.73. The minimum Gasteiger partial charge on any atom is -0.324 e. The van der Waals surface area contributed by atoms with E-state index < -0.39 is 0 Å². The van der Waals surface area contributed by atoms with Gasteiger partial charge in [-0.05, 0) is 30.4 Å². The lowest BCUT2D eigenvalue weighted by Gasteiger charge is -2.19. The van der Waals surface area contributed by atoms with Crippen molar-refractivity contribution in [2.75, 3.05) is 0 Å². The lowest BCUT2D eigenvalue weighted by Crippen LogP contribution is -2.20. The Bertz CT molecular complexity index is 246. The first-order valence-electron chi connectivity index (χ1n) is 4.18. The van der Waals surface area contributed by atoms with Crippen LogP contribution in [0.4, 0.5) is 0 Å². The van der Waals surface area contributed by atoms with Crippen LogP contribution in [0.15, 0.2) is 35.5 Å². The highest BCUT2D eigenvalue weighted by atomic mass is 14.6. The molecule has 0 saturated heterocycles. The van der Waals surface area contributed by atoms with Crippen LogP contribution in [0.25, 0.3) is 0 Å². The molecule has 2 aliphatic carbocycles. The molecule has 2 aliphatic rings. The highest BCUT2D eigenvalue weighted by Crippen LogP contribution is 2.26. The van der Waals surface area contributed by atoms with E-state index in [1.807, 2.05) is 0 Å². The van der Waals surface area contributed by atoms with Crippen LogP contribution in [0.5, 0.6) is 0 Å². The van der Waals surface area contributed by atoms with Crippen LogP contribution in [-0.4, -0.2) is 6.04 Å². The number of hydrogen-bond donors (Lipinski definition) is 1. The molecule has 1 heteroatoms. The second kappa shape index (κ2) is 2.67. The average Bonchev–Trinajstić information content (AvgIpc) is 2.04. The summed E-state index contributed by atoms with van der Waals surface area (Å²) in [6.45, 7) is 0. The molecule has 2 rings (SSSR count). The first-order valence-corrected chi connectivity index (χ1v) is 4.18. The van der Waals surface area contributed by atoms with Crippen molar-refractivity contribution in [3.05, 3.63) is 35.5 Å². The highest BCUT2D eigenvalue weighted by Gasteiger charge is 2.12. The van der Waals surface area contributed by atoms with Crippen LogP contribution in [0.3, 0.4) is 0 Å². The summed E-state index contributed by atoms with van der Waals surface area (Å²) in [4.78, 5) is 0. The van der Waals surface area contributed by atoms with Crippen LogP contribution in [0, 0.1) is 0 Å². The fraction of sp³-hybridized carbons (Fsp3) is 0.400. The van der Waals surface area contributed by atoms with Crippen molar-refractivity contribution in [2.45, 2.75) is 25.3 Å². The molecule has 0 aliphatic heterocycles. The Labute approximate surface area is 67.3 Å². The smallest absolute Gasteiger partial charge is 0.0267 e. The minimum absolute atomic E-state index is 0.247. The maximum atomic E-state index is 5.79. The normalized spacial score (nSPS) is 29.0. The zero-order chi connectivity index (χ0) is 7.68. The summed E-state index contributed by atoms with van der Waals surface area (Å²) in [6, 6.07) is 0.247. The van der Waals surface area contributed by atoms with Crippen LogP contribution in [0.2, 0.25) is 0 Å². The second-order valence-electron chi connectivity index (χ2n) is 3.22.